The maximum atomic E-state index is 10.8. The summed E-state index contributed by atoms with van der Waals surface area (Å²) in [7, 11) is 1.53. The van der Waals surface area contributed by atoms with Crippen molar-refractivity contribution >= 4 is 44.9 Å². The largest absolute Gasteiger partial charge is 0.493 e. The molecule has 0 saturated heterocycles. The van der Waals surface area contributed by atoms with E-state index in [1.165, 1.54) is 19.2 Å². The molecule has 3 aromatic carbocycles. The number of benzene rings is 3. The standard InChI is InChI=1S/C23H16BrClN2O4/c1-30-22-12-16(10-18(13-26)17-4-6-19(25)7-5-17)11-21(24)23(22)31-14-15-2-8-20(9-3-15)27(28)29/h2-12H,14H2,1H3. The smallest absolute Gasteiger partial charge is 0.269 e. The van der Waals surface area contributed by atoms with E-state index in [0.717, 1.165) is 16.7 Å². The number of ether oxygens (including phenoxy) is 2. The van der Waals surface area contributed by atoms with Crippen molar-refractivity contribution in [3.63, 3.8) is 0 Å². The zero-order chi connectivity index (χ0) is 22.4. The van der Waals surface area contributed by atoms with E-state index < -0.39 is 4.92 Å². The lowest BCUT2D eigenvalue weighted by molar-refractivity contribution is -0.384. The summed E-state index contributed by atoms with van der Waals surface area (Å²) in [5.74, 6) is 0.971. The lowest BCUT2D eigenvalue weighted by Gasteiger charge is -2.14. The van der Waals surface area contributed by atoms with E-state index in [1.807, 2.05) is 6.07 Å². The maximum Gasteiger partial charge on any atom is 0.269 e. The summed E-state index contributed by atoms with van der Waals surface area (Å²) in [5.41, 5.74) is 2.77. The monoisotopic (exact) mass is 498 g/mol. The van der Waals surface area contributed by atoms with Crippen LogP contribution in [0.5, 0.6) is 11.5 Å². The molecule has 6 nitrogen and oxygen atoms in total. The van der Waals surface area contributed by atoms with Crippen LogP contribution < -0.4 is 9.47 Å². The van der Waals surface area contributed by atoms with Gasteiger partial charge >= 0.3 is 0 Å². The van der Waals surface area contributed by atoms with Gasteiger partial charge in [0.15, 0.2) is 11.5 Å². The number of halogens is 2. The highest BCUT2D eigenvalue weighted by atomic mass is 79.9. The second-order valence-corrected chi connectivity index (χ2v) is 7.71. The first-order chi connectivity index (χ1) is 14.9. The minimum atomic E-state index is -0.448. The fourth-order valence-electron chi connectivity index (χ4n) is 2.81. The van der Waals surface area contributed by atoms with Gasteiger partial charge in [0, 0.05) is 17.2 Å². The molecule has 0 N–H and O–H groups in total. The highest BCUT2D eigenvalue weighted by Gasteiger charge is 2.13. The number of rotatable bonds is 7. The molecule has 0 unspecified atom stereocenters. The first-order valence-electron chi connectivity index (χ1n) is 9.02. The van der Waals surface area contributed by atoms with Crippen LogP contribution >= 0.6 is 27.5 Å². The number of nitriles is 1. The summed E-state index contributed by atoms with van der Waals surface area (Å²) in [5, 5.41) is 20.9. The lowest BCUT2D eigenvalue weighted by atomic mass is 10.0. The molecule has 0 saturated carbocycles. The average molecular weight is 500 g/mol. The molecule has 0 amide bonds. The van der Waals surface area contributed by atoms with Crippen LogP contribution in [0.3, 0.4) is 0 Å². The van der Waals surface area contributed by atoms with Crippen molar-refractivity contribution in [2.75, 3.05) is 7.11 Å². The van der Waals surface area contributed by atoms with Gasteiger partial charge in [-0.2, -0.15) is 5.26 Å². The highest BCUT2D eigenvalue weighted by Crippen LogP contribution is 2.38. The van der Waals surface area contributed by atoms with Gasteiger partial charge in [0.05, 0.1) is 28.1 Å². The summed E-state index contributed by atoms with van der Waals surface area (Å²) in [6.07, 6.45) is 1.75. The van der Waals surface area contributed by atoms with Gasteiger partial charge in [-0.1, -0.05) is 23.7 Å². The maximum absolute atomic E-state index is 10.8. The van der Waals surface area contributed by atoms with E-state index in [0.29, 0.717) is 26.6 Å². The van der Waals surface area contributed by atoms with Crippen LogP contribution in [0.1, 0.15) is 16.7 Å². The minimum Gasteiger partial charge on any atom is -0.493 e. The molecule has 156 valence electrons. The minimum absolute atomic E-state index is 0.0210. The Morgan fingerprint density at radius 1 is 1.19 bits per heavy atom. The molecule has 8 heteroatoms. The summed E-state index contributed by atoms with van der Waals surface area (Å²) in [6, 6.07) is 19.0. The van der Waals surface area contributed by atoms with Crippen LogP contribution in [0.25, 0.3) is 11.6 Å². The Balaban J connectivity index is 1.84. The topological polar surface area (TPSA) is 85.4 Å². The number of hydrogen-bond acceptors (Lipinski definition) is 5. The number of nitro groups is 1. The number of nitro benzene ring substituents is 1. The van der Waals surface area contributed by atoms with Gasteiger partial charge < -0.3 is 9.47 Å². The molecule has 0 aromatic heterocycles. The number of nitrogens with zero attached hydrogens (tertiary/aromatic N) is 2. The Morgan fingerprint density at radius 3 is 2.45 bits per heavy atom. The second-order valence-electron chi connectivity index (χ2n) is 6.42. The van der Waals surface area contributed by atoms with Crippen LogP contribution in [0, 0.1) is 21.4 Å². The normalized spacial score (nSPS) is 11.0. The number of hydrogen-bond donors (Lipinski definition) is 0. The van der Waals surface area contributed by atoms with Crippen molar-refractivity contribution in [1.29, 1.82) is 5.26 Å². The van der Waals surface area contributed by atoms with E-state index in [4.69, 9.17) is 21.1 Å². The molecular weight excluding hydrogens is 484 g/mol. The second kappa shape index (κ2) is 10.1. The summed E-state index contributed by atoms with van der Waals surface area (Å²) in [6.45, 7) is 0.205. The molecule has 0 aliphatic heterocycles. The molecule has 0 aliphatic carbocycles. The third kappa shape index (κ3) is 5.63. The number of allylic oxidation sites excluding steroid dienone is 1. The SMILES string of the molecule is COc1cc(C=C(C#N)c2ccc(Cl)cc2)cc(Br)c1OCc1ccc([N+](=O)[O-])cc1. The van der Waals surface area contributed by atoms with Crippen molar-refractivity contribution in [1.82, 2.24) is 0 Å². The van der Waals surface area contributed by atoms with Crippen LogP contribution in [0.4, 0.5) is 5.69 Å². The van der Waals surface area contributed by atoms with Crippen LogP contribution in [-0.4, -0.2) is 12.0 Å². The predicted octanol–water partition coefficient (Wildman–Crippen LogP) is 6.66. The molecule has 3 rings (SSSR count). The van der Waals surface area contributed by atoms with Crippen molar-refractivity contribution in [2.24, 2.45) is 0 Å². The first-order valence-corrected chi connectivity index (χ1v) is 10.2. The van der Waals surface area contributed by atoms with Gasteiger partial charge in [-0.15, -0.1) is 0 Å². The van der Waals surface area contributed by atoms with Crippen molar-refractivity contribution in [3.8, 4) is 17.6 Å². The summed E-state index contributed by atoms with van der Waals surface area (Å²) < 4.78 is 12.0. The Bertz CT molecular complexity index is 1170. The van der Waals surface area contributed by atoms with Crippen molar-refractivity contribution < 1.29 is 14.4 Å². The van der Waals surface area contributed by atoms with E-state index in [9.17, 15) is 15.4 Å². The van der Waals surface area contributed by atoms with Crippen molar-refractivity contribution in [3.05, 3.63) is 97.0 Å². The third-order valence-corrected chi connectivity index (χ3v) is 5.21. The van der Waals surface area contributed by atoms with Gasteiger partial charge in [0.2, 0.25) is 0 Å². The van der Waals surface area contributed by atoms with E-state index in [1.54, 1.807) is 48.5 Å². The van der Waals surface area contributed by atoms with Crippen LogP contribution in [0.2, 0.25) is 5.02 Å². The summed E-state index contributed by atoms with van der Waals surface area (Å²) >= 11 is 9.42. The van der Waals surface area contributed by atoms with Crippen molar-refractivity contribution in [2.45, 2.75) is 6.61 Å². The Labute approximate surface area is 192 Å². The molecular formula is C23H16BrClN2O4. The summed E-state index contributed by atoms with van der Waals surface area (Å²) in [4.78, 5) is 10.3. The molecule has 0 bridgehead atoms. The lowest BCUT2D eigenvalue weighted by Crippen LogP contribution is -1.99. The van der Waals surface area contributed by atoms with Gasteiger partial charge in [-0.3, -0.25) is 10.1 Å². The van der Waals surface area contributed by atoms with E-state index in [2.05, 4.69) is 22.0 Å². The zero-order valence-electron chi connectivity index (χ0n) is 16.3. The number of non-ortho nitro benzene ring substituents is 1. The molecule has 31 heavy (non-hydrogen) atoms. The molecule has 0 aliphatic rings. The van der Waals surface area contributed by atoms with Crippen LogP contribution in [0.15, 0.2) is 65.1 Å². The predicted molar refractivity (Wildman–Crippen MR) is 123 cm³/mol. The quantitative estimate of drug-likeness (QED) is 0.157. The van der Waals surface area contributed by atoms with Crippen LogP contribution in [-0.2, 0) is 6.61 Å². The molecule has 0 spiro atoms. The van der Waals surface area contributed by atoms with Gasteiger partial charge in [-0.25, -0.2) is 0 Å². The van der Waals surface area contributed by atoms with Gasteiger partial charge in [0.25, 0.3) is 5.69 Å². The Morgan fingerprint density at radius 2 is 1.87 bits per heavy atom. The number of methoxy groups -OCH3 is 1. The first kappa shape index (κ1) is 22.3. The van der Waals surface area contributed by atoms with E-state index >= 15 is 0 Å². The molecule has 0 radical (unpaired) electrons. The zero-order valence-corrected chi connectivity index (χ0v) is 18.7. The van der Waals surface area contributed by atoms with E-state index in [-0.39, 0.29) is 12.3 Å². The Kier molecular flexibility index (Phi) is 7.29. The fraction of sp³-hybridized carbons (Fsp3) is 0.0870. The van der Waals surface area contributed by atoms with Gasteiger partial charge in [0.1, 0.15) is 6.61 Å². The fourth-order valence-corrected chi connectivity index (χ4v) is 3.51. The Hall–Kier alpha value is -3.34. The highest BCUT2D eigenvalue weighted by molar-refractivity contribution is 9.10. The average Bonchev–Trinajstić information content (AvgIpc) is 2.77. The third-order valence-electron chi connectivity index (χ3n) is 4.37. The molecule has 3 aromatic rings. The molecule has 0 atom stereocenters. The van der Waals surface area contributed by atoms with Gasteiger partial charge in [-0.05, 0) is 75.1 Å². The molecule has 0 fully saturated rings. The molecule has 0 heterocycles.